The Morgan fingerprint density at radius 3 is 2.62 bits per heavy atom. The second kappa shape index (κ2) is 7.97. The van der Waals surface area contributed by atoms with Crippen LogP contribution in [0.4, 0.5) is 5.95 Å². The van der Waals surface area contributed by atoms with Crippen molar-refractivity contribution in [3.05, 3.63) is 59.9 Å². The Hall–Kier alpha value is -2.93. The summed E-state index contributed by atoms with van der Waals surface area (Å²) in [5.41, 5.74) is 7.63. The number of hydrogen-bond donors (Lipinski definition) is 1. The van der Waals surface area contributed by atoms with Crippen molar-refractivity contribution in [2.24, 2.45) is 5.10 Å². The third-order valence-electron chi connectivity index (χ3n) is 3.67. The lowest BCUT2D eigenvalue weighted by molar-refractivity contribution is 0.394. The number of nitrogen functional groups attached to an aromatic ring is 1. The molecular weight excluding hydrogens is 348 g/mol. The molecule has 0 amide bonds. The van der Waals surface area contributed by atoms with Crippen LogP contribution in [-0.4, -0.2) is 30.1 Å². The molecule has 0 saturated heterocycles. The van der Waals surface area contributed by atoms with E-state index in [2.05, 4.69) is 10.1 Å². The first-order chi connectivity index (χ1) is 12.6. The number of nitrogens with zero attached hydrogens (tertiary/aromatic N) is 3. The van der Waals surface area contributed by atoms with Crippen LogP contribution in [0.5, 0.6) is 11.5 Å². The molecule has 0 fully saturated rings. The van der Waals surface area contributed by atoms with Crippen LogP contribution >= 0.6 is 11.8 Å². The Balaban J connectivity index is 1.92. The molecule has 0 aliphatic carbocycles. The van der Waals surface area contributed by atoms with Crippen molar-refractivity contribution in [2.75, 3.05) is 20.0 Å². The first-order valence-electron chi connectivity index (χ1n) is 7.95. The number of hydrogen-bond acceptors (Lipinski definition) is 6. The van der Waals surface area contributed by atoms with Crippen molar-refractivity contribution in [1.29, 1.82) is 0 Å². The Kier molecular flexibility index (Phi) is 5.48. The molecule has 0 aliphatic rings. The van der Waals surface area contributed by atoms with E-state index >= 15 is 0 Å². The summed E-state index contributed by atoms with van der Waals surface area (Å²) in [5.74, 6) is 1.93. The Morgan fingerprint density at radius 2 is 1.92 bits per heavy atom. The molecule has 2 N–H and O–H groups in total. The van der Waals surface area contributed by atoms with E-state index in [0.717, 1.165) is 32.5 Å². The second-order valence-corrected chi connectivity index (χ2v) is 6.57. The predicted octanol–water partition coefficient (Wildman–Crippen LogP) is 3.82. The van der Waals surface area contributed by atoms with Crippen LogP contribution < -0.4 is 15.2 Å². The third kappa shape index (κ3) is 4.00. The number of ether oxygens (including phenoxy) is 2. The van der Waals surface area contributed by atoms with Gasteiger partial charge in [-0.2, -0.15) is 5.10 Å². The zero-order valence-electron chi connectivity index (χ0n) is 14.8. The molecule has 0 spiro atoms. The normalized spacial score (nSPS) is 11.0. The highest BCUT2D eigenvalue weighted by molar-refractivity contribution is 7.99. The van der Waals surface area contributed by atoms with Gasteiger partial charge in [0, 0.05) is 10.5 Å². The van der Waals surface area contributed by atoms with Gasteiger partial charge in [-0.25, -0.2) is 9.66 Å². The van der Waals surface area contributed by atoms with Crippen LogP contribution in [0, 0.1) is 6.92 Å². The van der Waals surface area contributed by atoms with Gasteiger partial charge in [0.25, 0.3) is 0 Å². The van der Waals surface area contributed by atoms with E-state index < -0.39 is 0 Å². The molecule has 1 heterocycles. The van der Waals surface area contributed by atoms with Crippen LogP contribution in [0.2, 0.25) is 0 Å². The lowest BCUT2D eigenvalue weighted by atomic mass is 10.2. The van der Waals surface area contributed by atoms with Crippen LogP contribution in [-0.2, 0) is 0 Å². The average Bonchev–Trinajstić information content (AvgIpc) is 2.98. The second-order valence-electron chi connectivity index (χ2n) is 5.49. The monoisotopic (exact) mass is 368 g/mol. The summed E-state index contributed by atoms with van der Waals surface area (Å²) in [6, 6.07) is 13.7. The van der Waals surface area contributed by atoms with Gasteiger partial charge in [-0.05, 0) is 31.2 Å². The first kappa shape index (κ1) is 17.9. The molecule has 2 aromatic carbocycles. The molecule has 0 saturated carbocycles. The number of aromatic nitrogens is 2. The zero-order valence-corrected chi connectivity index (χ0v) is 15.7. The van der Waals surface area contributed by atoms with Gasteiger partial charge in [0.2, 0.25) is 5.95 Å². The number of rotatable bonds is 6. The number of methoxy groups -OCH3 is 2. The van der Waals surface area contributed by atoms with Gasteiger partial charge in [0.1, 0.15) is 11.5 Å². The number of imidazole rings is 1. The van der Waals surface area contributed by atoms with Crippen molar-refractivity contribution in [2.45, 2.75) is 16.7 Å². The fourth-order valence-corrected chi connectivity index (χ4v) is 3.43. The fourth-order valence-electron chi connectivity index (χ4n) is 2.38. The van der Waals surface area contributed by atoms with E-state index in [4.69, 9.17) is 15.2 Å². The molecule has 0 unspecified atom stereocenters. The Labute approximate surface area is 156 Å². The van der Waals surface area contributed by atoms with Crippen LogP contribution in [0.15, 0.2) is 63.6 Å². The highest BCUT2D eigenvalue weighted by Crippen LogP contribution is 2.38. The molecule has 3 aromatic rings. The summed E-state index contributed by atoms with van der Waals surface area (Å²) in [7, 11) is 3.30. The number of anilines is 1. The van der Waals surface area contributed by atoms with E-state index in [0.29, 0.717) is 5.95 Å². The maximum Gasteiger partial charge on any atom is 0.221 e. The quantitative estimate of drug-likeness (QED) is 0.670. The summed E-state index contributed by atoms with van der Waals surface area (Å²) < 4.78 is 12.3. The van der Waals surface area contributed by atoms with Gasteiger partial charge in [0.05, 0.1) is 37.2 Å². The SMILES string of the molecule is COc1ccc(OC)c(Sc2ccccc2C=Nn2cc(C)nc2N)c1. The summed E-state index contributed by atoms with van der Waals surface area (Å²) >= 11 is 1.59. The van der Waals surface area contributed by atoms with Crippen molar-refractivity contribution < 1.29 is 9.47 Å². The molecule has 3 rings (SSSR count). The van der Waals surface area contributed by atoms with Crippen molar-refractivity contribution in [3.63, 3.8) is 0 Å². The zero-order chi connectivity index (χ0) is 18.5. The lowest BCUT2D eigenvalue weighted by Gasteiger charge is -2.11. The molecule has 7 heteroatoms. The molecule has 0 radical (unpaired) electrons. The topological polar surface area (TPSA) is 74.7 Å². The maximum atomic E-state index is 5.84. The summed E-state index contributed by atoms with van der Waals surface area (Å²) in [6.07, 6.45) is 3.55. The summed E-state index contributed by atoms with van der Waals surface area (Å²) in [4.78, 5) is 6.15. The minimum Gasteiger partial charge on any atom is -0.497 e. The van der Waals surface area contributed by atoms with E-state index in [1.54, 1.807) is 43.1 Å². The maximum absolute atomic E-state index is 5.84. The molecular formula is C19H20N4O2S. The van der Waals surface area contributed by atoms with Gasteiger partial charge in [-0.15, -0.1) is 0 Å². The van der Waals surface area contributed by atoms with Gasteiger partial charge in [-0.1, -0.05) is 30.0 Å². The van der Waals surface area contributed by atoms with Crippen LogP contribution in [0.25, 0.3) is 0 Å². The number of nitrogens with two attached hydrogens (primary N) is 1. The van der Waals surface area contributed by atoms with Crippen molar-refractivity contribution in [1.82, 2.24) is 9.66 Å². The van der Waals surface area contributed by atoms with E-state index in [1.165, 1.54) is 0 Å². The van der Waals surface area contributed by atoms with Crippen molar-refractivity contribution in [3.8, 4) is 11.5 Å². The molecule has 0 bridgehead atoms. The molecule has 26 heavy (non-hydrogen) atoms. The smallest absolute Gasteiger partial charge is 0.221 e. The first-order valence-corrected chi connectivity index (χ1v) is 8.77. The van der Waals surface area contributed by atoms with Gasteiger partial charge >= 0.3 is 0 Å². The van der Waals surface area contributed by atoms with E-state index in [9.17, 15) is 0 Å². The number of benzene rings is 2. The largest absolute Gasteiger partial charge is 0.497 e. The van der Waals surface area contributed by atoms with Gasteiger partial charge < -0.3 is 15.2 Å². The van der Waals surface area contributed by atoms with Crippen molar-refractivity contribution >= 4 is 23.9 Å². The fraction of sp³-hybridized carbons (Fsp3) is 0.158. The Bertz CT molecular complexity index is 937. The number of aryl methyl sites for hydroxylation is 1. The minimum absolute atomic E-state index is 0.360. The summed E-state index contributed by atoms with van der Waals surface area (Å²) in [6.45, 7) is 1.88. The van der Waals surface area contributed by atoms with Gasteiger partial charge in [-0.3, -0.25) is 0 Å². The van der Waals surface area contributed by atoms with Crippen LogP contribution in [0.1, 0.15) is 11.3 Å². The summed E-state index contributed by atoms with van der Waals surface area (Å²) in [5, 5.41) is 4.41. The predicted molar refractivity (Wildman–Crippen MR) is 104 cm³/mol. The van der Waals surface area contributed by atoms with Gasteiger partial charge in [0.15, 0.2) is 0 Å². The average molecular weight is 368 g/mol. The Morgan fingerprint density at radius 1 is 1.12 bits per heavy atom. The molecule has 134 valence electrons. The van der Waals surface area contributed by atoms with E-state index in [-0.39, 0.29) is 0 Å². The van der Waals surface area contributed by atoms with E-state index in [1.807, 2.05) is 49.4 Å². The molecule has 0 atom stereocenters. The minimum atomic E-state index is 0.360. The lowest BCUT2D eigenvalue weighted by Crippen LogP contribution is -1.97. The third-order valence-corrected chi connectivity index (χ3v) is 4.80. The standard InChI is InChI=1S/C19H20N4O2S/c1-13-12-23(19(20)22-13)21-11-14-6-4-5-7-17(14)26-18-10-15(24-2)8-9-16(18)25-3/h4-12H,1-3H3,(H2,20,22). The highest BCUT2D eigenvalue weighted by Gasteiger charge is 2.09. The molecule has 1 aromatic heterocycles. The molecule has 6 nitrogen and oxygen atoms in total. The van der Waals surface area contributed by atoms with Crippen LogP contribution in [0.3, 0.4) is 0 Å². The molecule has 0 aliphatic heterocycles. The highest BCUT2D eigenvalue weighted by atomic mass is 32.2.